The molecule has 0 aromatic carbocycles. The van der Waals surface area contributed by atoms with Gasteiger partial charge in [0.05, 0.1) is 0 Å². The Labute approximate surface area is 62.2 Å². The van der Waals surface area contributed by atoms with E-state index in [-0.39, 0.29) is 5.92 Å². The molecule has 0 aromatic heterocycles. The van der Waals surface area contributed by atoms with Crippen molar-refractivity contribution in [3.8, 4) is 0 Å². The van der Waals surface area contributed by atoms with Gasteiger partial charge in [-0.25, -0.2) is 0 Å². The van der Waals surface area contributed by atoms with Crippen molar-refractivity contribution >= 4 is 6.29 Å². The molecule has 2 heteroatoms. The van der Waals surface area contributed by atoms with E-state index in [1.165, 1.54) is 0 Å². The summed E-state index contributed by atoms with van der Waals surface area (Å²) in [5, 5.41) is 9.53. The average Bonchev–Trinajstić information content (AvgIpc) is 2.01. The zero-order valence-electron chi connectivity index (χ0n) is 6.92. The summed E-state index contributed by atoms with van der Waals surface area (Å²) in [6, 6.07) is 0. The Morgan fingerprint density at radius 3 is 2.20 bits per heavy atom. The largest absolute Gasteiger partial charge is 0.382 e. The second-order valence-corrected chi connectivity index (χ2v) is 2.77. The van der Waals surface area contributed by atoms with Gasteiger partial charge < -0.3 is 9.90 Å². The van der Waals surface area contributed by atoms with Crippen LogP contribution in [0.5, 0.6) is 0 Å². The molecule has 1 unspecified atom stereocenters. The molecule has 0 bridgehead atoms. The lowest BCUT2D eigenvalue weighted by atomic mass is 9.86. The molecule has 0 aliphatic heterocycles. The van der Waals surface area contributed by atoms with Crippen LogP contribution in [0.4, 0.5) is 0 Å². The number of rotatable bonds is 4. The molecule has 0 saturated heterocycles. The van der Waals surface area contributed by atoms with Gasteiger partial charge in [0.1, 0.15) is 5.60 Å². The number of hydrogen-bond donors (Lipinski definition) is 1. The summed E-state index contributed by atoms with van der Waals surface area (Å²) in [7, 11) is 0. The first-order valence-electron chi connectivity index (χ1n) is 3.79. The second kappa shape index (κ2) is 3.71. The summed E-state index contributed by atoms with van der Waals surface area (Å²) in [5.41, 5.74) is -1.09. The van der Waals surface area contributed by atoms with Crippen LogP contribution in [-0.2, 0) is 4.79 Å². The maximum atomic E-state index is 10.4. The maximum absolute atomic E-state index is 10.4. The number of carbonyl (C=O) groups is 1. The predicted molar refractivity (Wildman–Crippen MR) is 40.8 cm³/mol. The molecule has 0 amide bonds. The van der Waals surface area contributed by atoms with Gasteiger partial charge in [-0.2, -0.15) is 0 Å². The average molecular weight is 144 g/mol. The van der Waals surface area contributed by atoms with Crippen molar-refractivity contribution in [2.45, 2.75) is 39.2 Å². The number of aliphatic hydroxyl groups is 1. The van der Waals surface area contributed by atoms with E-state index >= 15 is 0 Å². The van der Waals surface area contributed by atoms with Crippen molar-refractivity contribution in [2.24, 2.45) is 5.92 Å². The van der Waals surface area contributed by atoms with E-state index in [0.717, 1.165) is 6.42 Å². The Balaban J connectivity index is 4.16. The van der Waals surface area contributed by atoms with Gasteiger partial charge >= 0.3 is 0 Å². The fourth-order valence-electron chi connectivity index (χ4n) is 0.901. The first-order valence-corrected chi connectivity index (χ1v) is 3.79. The molecule has 0 aliphatic carbocycles. The molecule has 1 N–H and O–H groups in total. The molecule has 2 atom stereocenters. The third kappa shape index (κ3) is 1.81. The minimum atomic E-state index is -1.09. The standard InChI is InChI=1S/C8H16O2/c1-4-7(3)8(10,5-2)6-9/h6-7,10H,4-5H2,1-3H3/t7?,8-/m0/s1. The van der Waals surface area contributed by atoms with E-state index in [1.54, 1.807) is 0 Å². The highest BCUT2D eigenvalue weighted by Gasteiger charge is 2.29. The van der Waals surface area contributed by atoms with E-state index in [1.807, 2.05) is 20.8 Å². The van der Waals surface area contributed by atoms with Crippen LogP contribution >= 0.6 is 0 Å². The third-order valence-corrected chi connectivity index (χ3v) is 2.24. The molecule has 0 spiro atoms. The first-order chi connectivity index (χ1) is 4.60. The Morgan fingerprint density at radius 2 is 2.10 bits per heavy atom. The summed E-state index contributed by atoms with van der Waals surface area (Å²) in [6.07, 6.45) is 2.00. The molecule has 0 rings (SSSR count). The van der Waals surface area contributed by atoms with Gasteiger partial charge in [0.15, 0.2) is 6.29 Å². The van der Waals surface area contributed by atoms with E-state index in [9.17, 15) is 9.90 Å². The first kappa shape index (κ1) is 9.63. The van der Waals surface area contributed by atoms with E-state index in [0.29, 0.717) is 12.7 Å². The minimum Gasteiger partial charge on any atom is -0.382 e. The molecule has 60 valence electrons. The predicted octanol–water partition coefficient (Wildman–Crippen LogP) is 1.37. The number of hydrogen-bond acceptors (Lipinski definition) is 2. The van der Waals surface area contributed by atoms with Gasteiger partial charge in [0.25, 0.3) is 0 Å². The van der Waals surface area contributed by atoms with Crippen LogP contribution in [0.15, 0.2) is 0 Å². The molecule has 0 fully saturated rings. The monoisotopic (exact) mass is 144 g/mol. The SMILES string of the molecule is CCC(C)[C@@](O)(C=O)CC. The summed E-state index contributed by atoms with van der Waals surface area (Å²) < 4.78 is 0. The molecule has 0 heterocycles. The lowest BCUT2D eigenvalue weighted by Gasteiger charge is -2.26. The van der Waals surface area contributed by atoms with Gasteiger partial charge in [0.2, 0.25) is 0 Å². The van der Waals surface area contributed by atoms with Gasteiger partial charge in [-0.1, -0.05) is 27.2 Å². The van der Waals surface area contributed by atoms with Gasteiger partial charge in [-0.15, -0.1) is 0 Å². The van der Waals surface area contributed by atoms with Crippen LogP contribution in [0.1, 0.15) is 33.6 Å². The molecular weight excluding hydrogens is 128 g/mol. The summed E-state index contributed by atoms with van der Waals surface area (Å²) >= 11 is 0. The van der Waals surface area contributed by atoms with Crippen molar-refractivity contribution in [1.29, 1.82) is 0 Å². The Hall–Kier alpha value is -0.370. The van der Waals surface area contributed by atoms with Crippen LogP contribution in [0.25, 0.3) is 0 Å². The summed E-state index contributed by atoms with van der Waals surface area (Å²) in [5.74, 6) is 0.0648. The van der Waals surface area contributed by atoms with Crippen molar-refractivity contribution < 1.29 is 9.90 Å². The fraction of sp³-hybridized carbons (Fsp3) is 0.875. The van der Waals surface area contributed by atoms with Gasteiger partial charge in [0, 0.05) is 0 Å². The Kier molecular flexibility index (Phi) is 3.58. The zero-order valence-corrected chi connectivity index (χ0v) is 6.92. The van der Waals surface area contributed by atoms with Crippen molar-refractivity contribution in [1.82, 2.24) is 0 Å². The van der Waals surface area contributed by atoms with Crippen LogP contribution in [0.3, 0.4) is 0 Å². The number of aldehydes is 1. The Bertz CT molecular complexity index is 112. The minimum absolute atomic E-state index is 0.0648. The molecule has 10 heavy (non-hydrogen) atoms. The van der Waals surface area contributed by atoms with E-state index < -0.39 is 5.60 Å². The summed E-state index contributed by atoms with van der Waals surface area (Å²) in [6.45, 7) is 5.67. The van der Waals surface area contributed by atoms with Crippen molar-refractivity contribution in [3.05, 3.63) is 0 Å². The fourth-order valence-corrected chi connectivity index (χ4v) is 0.901. The normalized spacial score (nSPS) is 19.6. The summed E-state index contributed by atoms with van der Waals surface area (Å²) in [4.78, 5) is 10.4. The third-order valence-electron chi connectivity index (χ3n) is 2.24. The highest BCUT2D eigenvalue weighted by molar-refractivity contribution is 5.62. The van der Waals surface area contributed by atoms with Crippen LogP contribution in [0, 0.1) is 5.92 Å². The second-order valence-electron chi connectivity index (χ2n) is 2.77. The van der Waals surface area contributed by atoms with Gasteiger partial charge in [-0.3, -0.25) is 0 Å². The van der Waals surface area contributed by atoms with E-state index in [2.05, 4.69) is 0 Å². The van der Waals surface area contributed by atoms with Gasteiger partial charge in [-0.05, 0) is 12.3 Å². The molecular formula is C8H16O2. The maximum Gasteiger partial charge on any atom is 0.151 e. The zero-order chi connectivity index (χ0) is 8.20. The lowest BCUT2D eigenvalue weighted by molar-refractivity contribution is -0.129. The molecule has 0 saturated carbocycles. The highest BCUT2D eigenvalue weighted by atomic mass is 16.3. The smallest absolute Gasteiger partial charge is 0.151 e. The topological polar surface area (TPSA) is 37.3 Å². The Morgan fingerprint density at radius 1 is 1.60 bits per heavy atom. The van der Waals surface area contributed by atoms with E-state index in [4.69, 9.17) is 0 Å². The van der Waals surface area contributed by atoms with Crippen LogP contribution in [0.2, 0.25) is 0 Å². The molecule has 2 nitrogen and oxygen atoms in total. The highest BCUT2D eigenvalue weighted by Crippen LogP contribution is 2.21. The molecule has 0 aromatic rings. The van der Waals surface area contributed by atoms with Crippen molar-refractivity contribution in [3.63, 3.8) is 0 Å². The molecule has 0 aliphatic rings. The van der Waals surface area contributed by atoms with Crippen LogP contribution < -0.4 is 0 Å². The van der Waals surface area contributed by atoms with Crippen molar-refractivity contribution in [2.75, 3.05) is 0 Å². The number of carbonyl (C=O) groups excluding carboxylic acids is 1. The lowest BCUT2D eigenvalue weighted by Crippen LogP contribution is -2.36. The quantitative estimate of drug-likeness (QED) is 0.605. The molecule has 0 radical (unpaired) electrons. The van der Waals surface area contributed by atoms with Crippen LogP contribution in [-0.4, -0.2) is 17.0 Å².